The minimum Gasteiger partial charge on any atom is -0.459 e. The Hall–Kier alpha value is -2.96. The predicted octanol–water partition coefficient (Wildman–Crippen LogP) is 4.44. The largest absolute Gasteiger partial charge is 0.459 e. The maximum Gasteiger partial charge on any atom is 0.337 e. The summed E-state index contributed by atoms with van der Waals surface area (Å²) >= 11 is 0. The lowest BCUT2D eigenvalue weighted by molar-refractivity contribution is -0.385. The third-order valence-electron chi connectivity index (χ3n) is 6.27. The topological polar surface area (TPSA) is 98.5 Å². The normalized spacial score (nSPS) is 22.4. The van der Waals surface area contributed by atoms with Crippen LogP contribution >= 0.6 is 0 Å². The second kappa shape index (κ2) is 8.42. The summed E-state index contributed by atoms with van der Waals surface area (Å²) in [6.07, 6.45) is 6.48. The van der Waals surface area contributed by atoms with Gasteiger partial charge in [0.25, 0.3) is 5.69 Å². The van der Waals surface area contributed by atoms with Crippen molar-refractivity contribution in [2.24, 2.45) is 0 Å². The number of ether oxygens (including phenoxy) is 1. The third kappa shape index (κ3) is 3.76. The molecule has 0 bridgehead atoms. The Morgan fingerprint density at radius 1 is 1.13 bits per heavy atom. The van der Waals surface area contributed by atoms with Gasteiger partial charge in [-0.1, -0.05) is 24.6 Å². The van der Waals surface area contributed by atoms with Gasteiger partial charge in [0.2, 0.25) is 0 Å². The van der Waals surface area contributed by atoms with E-state index in [0.717, 1.165) is 44.2 Å². The molecule has 1 aliphatic heterocycles. The quantitative estimate of drug-likeness (QED) is 0.448. The number of carbonyl (C=O) groups excluding carboxylic acids is 2. The molecule has 0 spiro atoms. The summed E-state index contributed by atoms with van der Waals surface area (Å²) in [5.41, 5.74) is 2.42. The SMILES string of the molecule is CC1=C(C(=O)OC2CCCCC2)[C@@H](c2ccccc2[N+](=O)[O-])C2=C(CCCC2=O)N1. The highest BCUT2D eigenvalue weighted by Gasteiger charge is 2.42. The summed E-state index contributed by atoms with van der Waals surface area (Å²) in [6.45, 7) is 1.78. The van der Waals surface area contributed by atoms with Crippen LogP contribution in [0.1, 0.15) is 69.8 Å². The van der Waals surface area contributed by atoms with Crippen LogP contribution in [0.4, 0.5) is 5.69 Å². The van der Waals surface area contributed by atoms with Gasteiger partial charge in [0.05, 0.1) is 16.4 Å². The Morgan fingerprint density at radius 2 is 1.87 bits per heavy atom. The fourth-order valence-electron chi connectivity index (χ4n) is 4.86. The highest BCUT2D eigenvalue weighted by Crippen LogP contribution is 2.45. The van der Waals surface area contributed by atoms with Crippen LogP contribution in [0, 0.1) is 10.1 Å². The molecule has 0 unspecified atom stereocenters. The lowest BCUT2D eigenvalue weighted by Crippen LogP contribution is -2.35. The van der Waals surface area contributed by atoms with Gasteiger partial charge < -0.3 is 10.1 Å². The number of rotatable bonds is 4. The van der Waals surface area contributed by atoms with Crippen molar-refractivity contribution in [3.05, 3.63) is 62.5 Å². The molecule has 1 saturated carbocycles. The standard InChI is InChI=1S/C23H26N2O5/c1-14-20(23(27)30-15-8-3-2-4-9-15)21(16-10-5-6-12-18(16)25(28)29)22-17(24-14)11-7-13-19(22)26/h5-6,10,12,15,21,24H,2-4,7-9,11,13H2,1H3/t21-/m1/s1. The monoisotopic (exact) mass is 410 g/mol. The summed E-state index contributed by atoms with van der Waals surface area (Å²) in [5.74, 6) is -1.34. The van der Waals surface area contributed by atoms with Crippen LogP contribution in [-0.2, 0) is 14.3 Å². The molecule has 0 saturated heterocycles. The molecule has 7 nitrogen and oxygen atoms in total. The molecule has 4 rings (SSSR count). The highest BCUT2D eigenvalue weighted by atomic mass is 16.6. The van der Waals surface area contributed by atoms with Crippen molar-refractivity contribution in [1.82, 2.24) is 5.32 Å². The van der Waals surface area contributed by atoms with E-state index in [2.05, 4.69) is 5.32 Å². The molecule has 1 aromatic rings. The molecule has 0 amide bonds. The van der Waals surface area contributed by atoms with Gasteiger partial charge in [-0.2, -0.15) is 0 Å². The lowest BCUT2D eigenvalue weighted by Gasteiger charge is -2.34. The predicted molar refractivity (Wildman–Crippen MR) is 111 cm³/mol. The van der Waals surface area contributed by atoms with Crippen LogP contribution in [0.25, 0.3) is 0 Å². The molecule has 2 aliphatic carbocycles. The van der Waals surface area contributed by atoms with Crippen molar-refractivity contribution in [3.63, 3.8) is 0 Å². The van der Waals surface area contributed by atoms with Gasteiger partial charge >= 0.3 is 5.97 Å². The number of nitro benzene ring substituents is 1. The highest BCUT2D eigenvalue weighted by molar-refractivity contribution is 6.04. The third-order valence-corrected chi connectivity index (χ3v) is 6.27. The van der Waals surface area contributed by atoms with Gasteiger partial charge in [0.1, 0.15) is 6.10 Å². The van der Waals surface area contributed by atoms with Gasteiger partial charge in [0.15, 0.2) is 5.78 Å². The lowest BCUT2D eigenvalue weighted by atomic mass is 9.75. The Morgan fingerprint density at radius 3 is 2.60 bits per heavy atom. The number of esters is 1. The summed E-state index contributed by atoms with van der Waals surface area (Å²) in [7, 11) is 0. The number of benzene rings is 1. The first-order valence-electron chi connectivity index (χ1n) is 10.7. The molecule has 1 heterocycles. The van der Waals surface area contributed by atoms with E-state index in [0.29, 0.717) is 35.2 Å². The maximum absolute atomic E-state index is 13.3. The molecule has 0 radical (unpaired) electrons. The fraction of sp³-hybridized carbons (Fsp3) is 0.478. The van der Waals surface area contributed by atoms with Gasteiger partial charge in [-0.3, -0.25) is 14.9 Å². The minimum atomic E-state index is -0.785. The molecular formula is C23H26N2O5. The number of para-hydroxylation sites is 1. The zero-order valence-corrected chi connectivity index (χ0v) is 17.1. The Kier molecular flexibility index (Phi) is 5.70. The van der Waals surface area contributed by atoms with Gasteiger partial charge in [-0.15, -0.1) is 0 Å². The van der Waals surface area contributed by atoms with Crippen LogP contribution in [0.3, 0.4) is 0 Å². The molecule has 1 aromatic carbocycles. The van der Waals surface area contributed by atoms with E-state index in [1.54, 1.807) is 25.1 Å². The zero-order valence-electron chi connectivity index (χ0n) is 17.1. The zero-order chi connectivity index (χ0) is 21.3. The number of Topliss-reactive ketones (excluding diaryl/α,β-unsaturated/α-hetero) is 1. The van der Waals surface area contributed by atoms with E-state index in [1.165, 1.54) is 6.07 Å². The number of ketones is 1. The van der Waals surface area contributed by atoms with Gasteiger partial charge in [-0.25, -0.2) is 4.79 Å². The van der Waals surface area contributed by atoms with E-state index in [-0.39, 0.29) is 17.6 Å². The molecule has 30 heavy (non-hydrogen) atoms. The van der Waals surface area contributed by atoms with E-state index >= 15 is 0 Å². The molecule has 1 fully saturated rings. The first-order chi connectivity index (χ1) is 14.5. The van der Waals surface area contributed by atoms with Crippen molar-refractivity contribution < 1.29 is 19.2 Å². The molecule has 1 atom stereocenters. The Balaban J connectivity index is 1.80. The maximum atomic E-state index is 13.3. The van der Waals surface area contributed by atoms with Crippen molar-refractivity contribution in [2.75, 3.05) is 0 Å². The number of hydrogen-bond acceptors (Lipinski definition) is 6. The average Bonchev–Trinajstić information content (AvgIpc) is 2.73. The molecular weight excluding hydrogens is 384 g/mol. The van der Waals surface area contributed by atoms with Gasteiger partial charge in [0, 0.05) is 35.0 Å². The van der Waals surface area contributed by atoms with Crippen LogP contribution in [0.15, 0.2) is 46.8 Å². The van der Waals surface area contributed by atoms with Crippen molar-refractivity contribution >= 4 is 17.4 Å². The van der Waals surface area contributed by atoms with E-state index in [4.69, 9.17) is 4.74 Å². The fourth-order valence-corrected chi connectivity index (χ4v) is 4.86. The second-order valence-electron chi connectivity index (χ2n) is 8.25. The Labute approximate surface area is 175 Å². The van der Waals surface area contributed by atoms with E-state index < -0.39 is 16.8 Å². The van der Waals surface area contributed by atoms with Crippen LogP contribution in [-0.4, -0.2) is 22.8 Å². The second-order valence-corrected chi connectivity index (χ2v) is 8.25. The van der Waals surface area contributed by atoms with Crippen molar-refractivity contribution in [3.8, 4) is 0 Å². The van der Waals surface area contributed by atoms with Crippen molar-refractivity contribution in [1.29, 1.82) is 0 Å². The minimum absolute atomic E-state index is 0.0673. The smallest absolute Gasteiger partial charge is 0.337 e. The number of dihydropyridines is 1. The number of hydrogen-bond donors (Lipinski definition) is 1. The number of nitrogens with one attached hydrogen (secondary N) is 1. The van der Waals surface area contributed by atoms with Gasteiger partial charge in [-0.05, 0) is 45.4 Å². The molecule has 3 aliphatic rings. The molecule has 158 valence electrons. The summed E-state index contributed by atoms with van der Waals surface area (Å²) in [5, 5.41) is 15.0. The average molecular weight is 410 g/mol. The van der Waals surface area contributed by atoms with E-state index in [1.807, 2.05) is 0 Å². The number of nitro groups is 1. The summed E-state index contributed by atoms with van der Waals surface area (Å²) in [6, 6.07) is 6.36. The molecule has 0 aromatic heterocycles. The molecule has 7 heteroatoms. The van der Waals surface area contributed by atoms with Crippen LogP contribution in [0.5, 0.6) is 0 Å². The number of allylic oxidation sites excluding steroid dienone is 3. The number of nitrogens with zero attached hydrogens (tertiary/aromatic N) is 1. The van der Waals surface area contributed by atoms with Crippen LogP contribution in [0.2, 0.25) is 0 Å². The Bertz CT molecular complexity index is 956. The van der Waals surface area contributed by atoms with Crippen LogP contribution < -0.4 is 5.32 Å². The van der Waals surface area contributed by atoms with Crippen molar-refractivity contribution in [2.45, 2.75) is 70.3 Å². The molecule has 1 N–H and O–H groups in total. The summed E-state index contributed by atoms with van der Waals surface area (Å²) in [4.78, 5) is 37.5. The number of carbonyl (C=O) groups is 2. The first kappa shape index (κ1) is 20.3. The summed E-state index contributed by atoms with van der Waals surface area (Å²) < 4.78 is 5.83. The first-order valence-corrected chi connectivity index (χ1v) is 10.7. The van der Waals surface area contributed by atoms with E-state index in [9.17, 15) is 19.7 Å².